The highest BCUT2D eigenvalue weighted by Gasteiger charge is 2.22. The first-order chi connectivity index (χ1) is 5.72. The van der Waals surface area contributed by atoms with Gasteiger partial charge in [-0.25, -0.2) is 0 Å². The minimum absolute atomic E-state index is 0.129. The lowest BCUT2D eigenvalue weighted by Crippen LogP contribution is -2.28. The zero-order valence-electron chi connectivity index (χ0n) is 7.58. The molecule has 1 fully saturated rings. The molecule has 0 radical (unpaired) electrons. The van der Waals surface area contributed by atoms with Crippen LogP contribution in [0.15, 0.2) is 0 Å². The Kier molecular flexibility index (Phi) is 3.53. The van der Waals surface area contributed by atoms with Crippen LogP contribution in [0.25, 0.3) is 0 Å². The number of carbonyl (C=O) groups excluding carboxylic acids is 1. The van der Waals surface area contributed by atoms with Crippen LogP contribution in [0.3, 0.4) is 0 Å². The molecule has 2 atom stereocenters. The Hall–Kier alpha value is -0.570. The zero-order valence-corrected chi connectivity index (χ0v) is 7.58. The summed E-state index contributed by atoms with van der Waals surface area (Å²) in [5.41, 5.74) is 5.56. The molecule has 0 heterocycles. The topological polar surface area (TPSA) is 52.3 Å². The Morgan fingerprint density at radius 3 is 2.92 bits per heavy atom. The number of hydrogen-bond acceptors (Lipinski definition) is 3. The van der Waals surface area contributed by atoms with E-state index < -0.39 is 0 Å². The maximum absolute atomic E-state index is 10.7. The van der Waals surface area contributed by atoms with Crippen molar-refractivity contribution in [1.29, 1.82) is 0 Å². The zero-order chi connectivity index (χ0) is 8.97. The second-order valence-electron chi connectivity index (χ2n) is 3.50. The molecule has 0 aromatic heterocycles. The van der Waals surface area contributed by atoms with Gasteiger partial charge in [0.2, 0.25) is 0 Å². The van der Waals surface area contributed by atoms with Crippen molar-refractivity contribution < 1.29 is 9.53 Å². The summed E-state index contributed by atoms with van der Waals surface area (Å²) in [6.07, 6.45) is 4.42. The molecule has 70 valence electrons. The fraction of sp³-hybridized carbons (Fsp3) is 0.889. The molecule has 3 nitrogen and oxygen atoms in total. The van der Waals surface area contributed by atoms with Gasteiger partial charge in [-0.05, 0) is 38.1 Å². The molecule has 1 rings (SSSR count). The molecule has 2 N–H and O–H groups in total. The Morgan fingerprint density at radius 2 is 2.33 bits per heavy atom. The Bertz CT molecular complexity index is 159. The second kappa shape index (κ2) is 4.45. The molecule has 0 aliphatic heterocycles. The van der Waals surface area contributed by atoms with Crippen LogP contribution in [0.1, 0.15) is 32.6 Å². The number of nitrogens with two attached hydrogens (primary N) is 1. The number of rotatable bonds is 2. The first kappa shape index (κ1) is 9.52. The molecule has 3 heteroatoms. The van der Waals surface area contributed by atoms with Crippen LogP contribution in [0.4, 0.5) is 0 Å². The maximum Gasteiger partial charge on any atom is 0.302 e. The van der Waals surface area contributed by atoms with Gasteiger partial charge in [-0.2, -0.15) is 0 Å². The van der Waals surface area contributed by atoms with Crippen LogP contribution < -0.4 is 5.73 Å². The van der Waals surface area contributed by atoms with Crippen LogP contribution in [-0.2, 0) is 9.53 Å². The van der Waals surface area contributed by atoms with Crippen molar-refractivity contribution in [3.8, 4) is 0 Å². The van der Waals surface area contributed by atoms with E-state index >= 15 is 0 Å². The summed E-state index contributed by atoms with van der Waals surface area (Å²) >= 11 is 0. The summed E-state index contributed by atoms with van der Waals surface area (Å²) in [4.78, 5) is 10.7. The third-order valence-corrected chi connectivity index (χ3v) is 2.40. The predicted octanol–water partition coefficient (Wildman–Crippen LogP) is 1.07. The lowest BCUT2D eigenvalue weighted by Gasteiger charge is -2.27. The van der Waals surface area contributed by atoms with Crippen molar-refractivity contribution >= 4 is 5.97 Å². The molecule has 12 heavy (non-hydrogen) atoms. The monoisotopic (exact) mass is 171 g/mol. The number of carbonyl (C=O) groups is 1. The fourth-order valence-electron chi connectivity index (χ4n) is 1.80. The maximum atomic E-state index is 10.7. The first-order valence-corrected chi connectivity index (χ1v) is 4.59. The van der Waals surface area contributed by atoms with Crippen LogP contribution in [0.2, 0.25) is 0 Å². The van der Waals surface area contributed by atoms with Crippen molar-refractivity contribution in [1.82, 2.24) is 0 Å². The third-order valence-electron chi connectivity index (χ3n) is 2.40. The van der Waals surface area contributed by atoms with Crippen molar-refractivity contribution in [3.05, 3.63) is 0 Å². The van der Waals surface area contributed by atoms with E-state index in [2.05, 4.69) is 0 Å². The molecule has 0 spiro atoms. The van der Waals surface area contributed by atoms with Crippen LogP contribution in [0.5, 0.6) is 0 Å². The van der Waals surface area contributed by atoms with Gasteiger partial charge in [-0.3, -0.25) is 4.79 Å². The smallest absolute Gasteiger partial charge is 0.302 e. The summed E-state index contributed by atoms with van der Waals surface area (Å²) in [6.45, 7) is 2.18. The van der Waals surface area contributed by atoms with E-state index in [0.29, 0.717) is 5.92 Å². The van der Waals surface area contributed by atoms with Gasteiger partial charge in [0.1, 0.15) is 6.10 Å². The molecule has 1 saturated carbocycles. The summed E-state index contributed by atoms with van der Waals surface area (Å²) in [7, 11) is 0. The standard InChI is InChI=1S/C9H17NO2/c1-7(11)12-9-4-2-3-8(5-9)6-10/h8-9H,2-6,10H2,1H3. The lowest BCUT2D eigenvalue weighted by atomic mass is 9.87. The first-order valence-electron chi connectivity index (χ1n) is 4.59. The fourth-order valence-corrected chi connectivity index (χ4v) is 1.80. The third kappa shape index (κ3) is 2.81. The van der Waals surface area contributed by atoms with Gasteiger partial charge in [0, 0.05) is 6.92 Å². The van der Waals surface area contributed by atoms with Gasteiger partial charge in [-0.1, -0.05) is 0 Å². The summed E-state index contributed by atoms with van der Waals surface area (Å²) in [5, 5.41) is 0. The summed E-state index contributed by atoms with van der Waals surface area (Å²) < 4.78 is 5.13. The van der Waals surface area contributed by atoms with Gasteiger partial charge >= 0.3 is 5.97 Å². The van der Waals surface area contributed by atoms with Crippen LogP contribution in [0, 0.1) is 5.92 Å². The van der Waals surface area contributed by atoms with E-state index in [9.17, 15) is 4.79 Å². The quantitative estimate of drug-likeness (QED) is 0.632. The van der Waals surface area contributed by atoms with E-state index in [1.54, 1.807) is 0 Å². The minimum Gasteiger partial charge on any atom is -0.463 e. The molecular formula is C9H17NO2. The highest BCUT2D eigenvalue weighted by atomic mass is 16.5. The van der Waals surface area contributed by atoms with Crippen LogP contribution >= 0.6 is 0 Å². The van der Waals surface area contributed by atoms with Crippen molar-refractivity contribution in [2.24, 2.45) is 11.7 Å². The van der Waals surface area contributed by atoms with Crippen molar-refractivity contribution in [2.45, 2.75) is 38.7 Å². The van der Waals surface area contributed by atoms with E-state index in [1.807, 2.05) is 0 Å². The van der Waals surface area contributed by atoms with Crippen molar-refractivity contribution in [3.63, 3.8) is 0 Å². The van der Waals surface area contributed by atoms with E-state index in [4.69, 9.17) is 10.5 Å². The molecule has 0 bridgehead atoms. The number of ether oxygens (including phenoxy) is 1. The molecule has 2 unspecified atom stereocenters. The Labute approximate surface area is 73.3 Å². The Balaban J connectivity index is 2.30. The average molecular weight is 171 g/mol. The number of esters is 1. The van der Waals surface area contributed by atoms with E-state index in [1.165, 1.54) is 13.3 Å². The van der Waals surface area contributed by atoms with Crippen LogP contribution in [-0.4, -0.2) is 18.6 Å². The van der Waals surface area contributed by atoms with Gasteiger partial charge in [0.05, 0.1) is 0 Å². The summed E-state index contributed by atoms with van der Waals surface area (Å²) in [6, 6.07) is 0. The van der Waals surface area contributed by atoms with E-state index in [0.717, 1.165) is 25.8 Å². The normalized spacial score (nSPS) is 29.8. The van der Waals surface area contributed by atoms with Gasteiger partial charge in [0.15, 0.2) is 0 Å². The highest BCUT2D eigenvalue weighted by Crippen LogP contribution is 2.25. The Morgan fingerprint density at radius 1 is 1.58 bits per heavy atom. The van der Waals surface area contributed by atoms with Gasteiger partial charge < -0.3 is 10.5 Å². The molecule has 0 saturated heterocycles. The predicted molar refractivity (Wildman–Crippen MR) is 46.6 cm³/mol. The molecule has 1 aliphatic rings. The lowest BCUT2D eigenvalue weighted by molar-refractivity contribution is -0.148. The van der Waals surface area contributed by atoms with E-state index in [-0.39, 0.29) is 12.1 Å². The largest absolute Gasteiger partial charge is 0.463 e. The highest BCUT2D eigenvalue weighted by molar-refractivity contribution is 5.66. The van der Waals surface area contributed by atoms with Crippen molar-refractivity contribution in [2.75, 3.05) is 6.54 Å². The number of hydrogen-bond donors (Lipinski definition) is 1. The average Bonchev–Trinajstić information content (AvgIpc) is 2.03. The SMILES string of the molecule is CC(=O)OC1CCCC(CN)C1. The molecular weight excluding hydrogens is 154 g/mol. The van der Waals surface area contributed by atoms with Gasteiger partial charge in [0.25, 0.3) is 0 Å². The molecule has 0 amide bonds. The molecule has 1 aliphatic carbocycles. The minimum atomic E-state index is -0.169. The second-order valence-corrected chi connectivity index (χ2v) is 3.50. The molecule has 0 aromatic rings. The summed E-state index contributed by atoms with van der Waals surface area (Å²) in [5.74, 6) is 0.390. The van der Waals surface area contributed by atoms with Gasteiger partial charge in [-0.15, -0.1) is 0 Å². The molecule has 0 aromatic carbocycles.